The number of rotatable bonds is 19. The molecule has 0 aromatic heterocycles. The molecule has 43 heavy (non-hydrogen) atoms. The fourth-order valence-electron chi connectivity index (χ4n) is 5.11. The summed E-state index contributed by atoms with van der Waals surface area (Å²) in [5.41, 5.74) is 6.67. The van der Waals surface area contributed by atoms with Crippen LogP contribution < -0.4 is 20.1 Å². The summed E-state index contributed by atoms with van der Waals surface area (Å²) in [6, 6.07) is 8.80. The summed E-state index contributed by atoms with van der Waals surface area (Å²) >= 11 is 0. The Labute approximate surface area is 260 Å². The Morgan fingerprint density at radius 1 is 0.767 bits per heavy atom. The normalized spacial score (nSPS) is 11.3. The average molecular weight is 597 g/mol. The van der Waals surface area contributed by atoms with Gasteiger partial charge in [-0.2, -0.15) is 0 Å². The molecule has 0 atom stereocenters. The second-order valence-corrected chi connectivity index (χ2v) is 12.4. The zero-order chi connectivity index (χ0) is 31.9. The topological polar surface area (TPSA) is 83.1 Å². The molecule has 0 saturated carbocycles. The van der Waals surface area contributed by atoms with E-state index < -0.39 is 0 Å². The molecule has 0 fully saturated rings. The van der Waals surface area contributed by atoms with Crippen LogP contribution in [0.15, 0.2) is 24.3 Å². The van der Waals surface area contributed by atoms with Crippen molar-refractivity contribution in [3.63, 3.8) is 0 Å². The largest absolute Gasteiger partial charge is 0.483 e. The molecule has 0 spiro atoms. The first-order valence-electron chi connectivity index (χ1n) is 15.8. The fourth-order valence-corrected chi connectivity index (χ4v) is 5.11. The van der Waals surface area contributed by atoms with Crippen LogP contribution in [0.25, 0.3) is 0 Å². The number of likely N-dealkylation sites (N-methyl/N-ethyl adjacent to an activating group) is 2. The molecule has 240 valence electrons. The Bertz CT molecular complexity index is 1180. The number of hydrogen-bond donors (Lipinski definition) is 2. The third-order valence-corrected chi connectivity index (χ3v) is 7.12. The van der Waals surface area contributed by atoms with Crippen LogP contribution in [0.5, 0.6) is 11.5 Å². The van der Waals surface area contributed by atoms with E-state index in [1.807, 2.05) is 44.9 Å². The number of carbonyl (C=O) groups is 2. The van der Waals surface area contributed by atoms with E-state index in [0.717, 1.165) is 72.5 Å². The summed E-state index contributed by atoms with van der Waals surface area (Å²) in [7, 11) is 7.92. The molecule has 0 saturated heterocycles. The number of hydrogen-bond acceptors (Lipinski definition) is 6. The molecule has 0 aliphatic rings. The Morgan fingerprint density at radius 3 is 1.79 bits per heavy atom. The van der Waals surface area contributed by atoms with Gasteiger partial charge in [-0.1, -0.05) is 58.4 Å². The maximum atomic E-state index is 12.6. The number of benzene rings is 2. The molecule has 0 heterocycles. The highest BCUT2D eigenvalue weighted by molar-refractivity contribution is 5.78. The number of carbonyl (C=O) groups excluding carboxylic acids is 2. The molecule has 0 bridgehead atoms. The quantitative estimate of drug-likeness (QED) is 0.250. The standard InChI is InChI=1S/C35H56N4O4/c1-10-12-27-18-26(5)34(42-23-32(40)36-13-15-38(6)7)30(19-27)22-31-21-28(17-25(3)4)20-29(11-2)35(31)43-24-33(41)37-14-16-39(8)9/h18-21,25H,10-17,22-24H2,1-9H3,(H,36,40)(H,37,41). The lowest BCUT2D eigenvalue weighted by Crippen LogP contribution is -2.34. The molecular weight excluding hydrogens is 540 g/mol. The summed E-state index contributed by atoms with van der Waals surface area (Å²) in [5, 5.41) is 5.88. The number of amides is 2. The zero-order valence-corrected chi connectivity index (χ0v) is 28.2. The van der Waals surface area contributed by atoms with Gasteiger partial charge in [0.05, 0.1) is 0 Å². The van der Waals surface area contributed by atoms with Crippen molar-refractivity contribution in [2.75, 3.05) is 67.6 Å². The van der Waals surface area contributed by atoms with E-state index in [4.69, 9.17) is 9.47 Å². The maximum absolute atomic E-state index is 12.6. The molecule has 2 aromatic rings. The van der Waals surface area contributed by atoms with Crippen LogP contribution in [-0.2, 0) is 35.3 Å². The van der Waals surface area contributed by atoms with Gasteiger partial charge in [-0.25, -0.2) is 0 Å². The summed E-state index contributed by atoms with van der Waals surface area (Å²) in [5.74, 6) is 1.74. The van der Waals surface area contributed by atoms with E-state index in [-0.39, 0.29) is 25.0 Å². The molecule has 2 rings (SSSR count). The average Bonchev–Trinajstić information content (AvgIpc) is 2.91. The SMILES string of the molecule is CCCc1cc(C)c(OCC(=O)NCCN(C)C)c(Cc2cc(CC(C)C)cc(CC)c2OCC(=O)NCCN(C)C)c1. The monoisotopic (exact) mass is 596 g/mol. The van der Waals surface area contributed by atoms with Crippen molar-refractivity contribution in [2.45, 2.75) is 66.7 Å². The molecular formula is C35H56N4O4. The van der Waals surface area contributed by atoms with Crippen LogP contribution >= 0.6 is 0 Å². The molecule has 0 unspecified atom stereocenters. The Kier molecular flexibility index (Phi) is 15.6. The number of nitrogens with one attached hydrogen (secondary N) is 2. The lowest BCUT2D eigenvalue weighted by atomic mass is 9.91. The van der Waals surface area contributed by atoms with Crippen molar-refractivity contribution >= 4 is 11.8 Å². The zero-order valence-electron chi connectivity index (χ0n) is 28.2. The van der Waals surface area contributed by atoms with Crippen molar-refractivity contribution < 1.29 is 19.1 Å². The van der Waals surface area contributed by atoms with E-state index in [9.17, 15) is 9.59 Å². The highest BCUT2D eigenvalue weighted by Crippen LogP contribution is 2.34. The first-order valence-corrected chi connectivity index (χ1v) is 15.8. The second-order valence-electron chi connectivity index (χ2n) is 12.4. The van der Waals surface area contributed by atoms with Crippen molar-refractivity contribution in [1.82, 2.24) is 20.4 Å². The van der Waals surface area contributed by atoms with Crippen LogP contribution in [-0.4, -0.2) is 89.2 Å². The lowest BCUT2D eigenvalue weighted by Gasteiger charge is -2.21. The smallest absolute Gasteiger partial charge is 0.257 e. The van der Waals surface area contributed by atoms with Gasteiger partial charge in [0.25, 0.3) is 11.8 Å². The Hall–Kier alpha value is -3.10. The van der Waals surface area contributed by atoms with Crippen LogP contribution in [0.2, 0.25) is 0 Å². The molecule has 0 radical (unpaired) electrons. The van der Waals surface area contributed by atoms with Gasteiger partial charge >= 0.3 is 0 Å². The minimum atomic E-state index is -0.138. The van der Waals surface area contributed by atoms with Crippen molar-refractivity contribution in [2.24, 2.45) is 5.92 Å². The molecule has 2 aromatic carbocycles. The predicted molar refractivity (Wildman–Crippen MR) is 176 cm³/mol. The van der Waals surface area contributed by atoms with E-state index in [2.05, 4.69) is 62.6 Å². The van der Waals surface area contributed by atoms with E-state index in [1.54, 1.807) is 0 Å². The van der Waals surface area contributed by atoms with Crippen molar-refractivity contribution in [3.8, 4) is 11.5 Å². The van der Waals surface area contributed by atoms with Gasteiger partial charge in [-0.3, -0.25) is 9.59 Å². The summed E-state index contributed by atoms with van der Waals surface area (Å²) in [6.07, 6.45) is 4.32. The summed E-state index contributed by atoms with van der Waals surface area (Å²) in [6.45, 7) is 13.4. The lowest BCUT2D eigenvalue weighted by molar-refractivity contribution is -0.123. The fraction of sp³-hybridized carbons (Fsp3) is 0.600. The van der Waals surface area contributed by atoms with Crippen LogP contribution in [0, 0.1) is 12.8 Å². The van der Waals surface area contributed by atoms with Gasteiger partial charge in [0.2, 0.25) is 0 Å². The highest BCUT2D eigenvalue weighted by atomic mass is 16.5. The van der Waals surface area contributed by atoms with Crippen LogP contribution in [0.1, 0.15) is 67.5 Å². The van der Waals surface area contributed by atoms with Gasteiger partial charge in [-0.15, -0.1) is 0 Å². The number of nitrogens with zero attached hydrogens (tertiary/aromatic N) is 2. The first-order chi connectivity index (χ1) is 20.4. The van der Waals surface area contributed by atoms with E-state index in [0.29, 0.717) is 25.4 Å². The summed E-state index contributed by atoms with van der Waals surface area (Å²) < 4.78 is 12.5. The first kappa shape index (κ1) is 36.1. The predicted octanol–water partition coefficient (Wildman–Crippen LogP) is 4.41. The van der Waals surface area contributed by atoms with Gasteiger partial charge < -0.3 is 29.9 Å². The number of ether oxygens (including phenoxy) is 2. The molecule has 2 amide bonds. The van der Waals surface area contributed by atoms with Gasteiger partial charge in [0.1, 0.15) is 11.5 Å². The van der Waals surface area contributed by atoms with Crippen LogP contribution in [0.4, 0.5) is 0 Å². The van der Waals surface area contributed by atoms with Crippen molar-refractivity contribution in [1.29, 1.82) is 0 Å². The van der Waals surface area contributed by atoms with E-state index >= 15 is 0 Å². The van der Waals surface area contributed by atoms with Gasteiger partial charge in [0.15, 0.2) is 13.2 Å². The molecule has 2 N–H and O–H groups in total. The Balaban J connectivity index is 2.43. The summed E-state index contributed by atoms with van der Waals surface area (Å²) in [4.78, 5) is 29.3. The van der Waals surface area contributed by atoms with E-state index in [1.165, 1.54) is 11.1 Å². The molecule has 8 heteroatoms. The second kappa shape index (κ2) is 18.5. The number of aryl methyl sites for hydroxylation is 3. The minimum Gasteiger partial charge on any atom is -0.483 e. The molecule has 0 aliphatic carbocycles. The third kappa shape index (κ3) is 13.0. The molecule has 8 nitrogen and oxygen atoms in total. The Morgan fingerprint density at radius 2 is 1.28 bits per heavy atom. The van der Waals surface area contributed by atoms with Gasteiger partial charge in [-0.05, 0) is 93.7 Å². The van der Waals surface area contributed by atoms with Crippen LogP contribution in [0.3, 0.4) is 0 Å². The highest BCUT2D eigenvalue weighted by Gasteiger charge is 2.19. The van der Waals surface area contributed by atoms with Crippen molar-refractivity contribution in [3.05, 3.63) is 57.6 Å². The van der Waals surface area contributed by atoms with Gasteiger partial charge in [0, 0.05) is 32.6 Å². The third-order valence-electron chi connectivity index (χ3n) is 7.12. The molecule has 0 aliphatic heterocycles. The minimum absolute atomic E-state index is 0.0394. The maximum Gasteiger partial charge on any atom is 0.257 e.